The third-order valence-electron chi connectivity index (χ3n) is 2.09. The minimum Gasteiger partial charge on any atom is -0.383 e. The van der Waals surface area contributed by atoms with Crippen LogP contribution >= 0.6 is 0 Å². The summed E-state index contributed by atoms with van der Waals surface area (Å²) in [6.07, 6.45) is 5.03. The van der Waals surface area contributed by atoms with Gasteiger partial charge in [0.15, 0.2) is 0 Å². The number of nitrogens with zero attached hydrogens (tertiary/aromatic N) is 4. The molecule has 6 nitrogen and oxygen atoms in total. The maximum absolute atomic E-state index is 11.1. The van der Waals surface area contributed by atoms with E-state index in [1.807, 2.05) is 19.0 Å². The molecule has 0 aromatic carbocycles. The Balaban J connectivity index is 3.30. The lowest BCUT2D eigenvalue weighted by molar-refractivity contribution is -0.384. The molecule has 0 fully saturated rings. The molecule has 1 aromatic heterocycles. The Labute approximate surface area is 100 Å². The van der Waals surface area contributed by atoms with Gasteiger partial charge in [0.25, 0.3) is 0 Å². The Morgan fingerprint density at radius 3 is 2.47 bits per heavy atom. The van der Waals surface area contributed by atoms with E-state index in [0.29, 0.717) is 11.4 Å². The van der Waals surface area contributed by atoms with Gasteiger partial charge in [-0.3, -0.25) is 10.1 Å². The molecule has 0 saturated carbocycles. The van der Waals surface area contributed by atoms with Gasteiger partial charge in [0.2, 0.25) is 5.82 Å². The zero-order valence-corrected chi connectivity index (χ0v) is 10.4. The summed E-state index contributed by atoms with van der Waals surface area (Å²) in [7, 11) is 7.18. The normalized spacial score (nSPS) is 10.6. The summed E-state index contributed by atoms with van der Waals surface area (Å²) in [5.74, 6) is 0.357. The van der Waals surface area contributed by atoms with Crippen molar-refractivity contribution in [2.24, 2.45) is 0 Å². The van der Waals surface area contributed by atoms with Crippen molar-refractivity contribution < 1.29 is 4.92 Å². The molecular weight excluding hydrogens is 220 g/mol. The van der Waals surface area contributed by atoms with Crippen LogP contribution in [0.4, 0.5) is 11.5 Å². The van der Waals surface area contributed by atoms with Crippen molar-refractivity contribution in [2.45, 2.75) is 0 Å². The van der Waals surface area contributed by atoms with Gasteiger partial charge >= 0.3 is 5.69 Å². The lowest BCUT2D eigenvalue weighted by Crippen LogP contribution is -2.13. The fourth-order valence-electron chi connectivity index (χ4n) is 1.34. The molecule has 6 heteroatoms. The second kappa shape index (κ2) is 5.29. The number of hydrogen-bond donors (Lipinski definition) is 0. The number of aromatic nitrogens is 1. The number of hydrogen-bond acceptors (Lipinski definition) is 5. The zero-order chi connectivity index (χ0) is 13.0. The predicted molar refractivity (Wildman–Crippen MR) is 67.9 cm³/mol. The van der Waals surface area contributed by atoms with E-state index in [4.69, 9.17) is 0 Å². The molecule has 0 N–H and O–H groups in total. The molecule has 1 heterocycles. The van der Waals surface area contributed by atoms with Crippen molar-refractivity contribution in [3.05, 3.63) is 34.1 Å². The molecule has 1 aromatic rings. The van der Waals surface area contributed by atoms with E-state index in [1.165, 1.54) is 0 Å². The predicted octanol–water partition coefficient (Wildman–Crippen LogP) is 1.59. The lowest BCUT2D eigenvalue weighted by atomic mass is 10.2. The number of nitro groups is 1. The molecule has 1 rings (SSSR count). The van der Waals surface area contributed by atoms with E-state index in [0.717, 1.165) is 0 Å². The molecule has 0 unspecified atom stereocenters. The molecule has 0 aliphatic rings. The Morgan fingerprint density at radius 1 is 1.35 bits per heavy atom. The molecule has 17 heavy (non-hydrogen) atoms. The van der Waals surface area contributed by atoms with Crippen LogP contribution in [0, 0.1) is 10.1 Å². The van der Waals surface area contributed by atoms with Crippen LogP contribution in [0.3, 0.4) is 0 Å². The van der Waals surface area contributed by atoms with E-state index in [2.05, 4.69) is 4.98 Å². The van der Waals surface area contributed by atoms with E-state index in [-0.39, 0.29) is 5.69 Å². The van der Waals surface area contributed by atoms with Crippen LogP contribution in [0.5, 0.6) is 0 Å². The first-order chi connectivity index (χ1) is 7.93. The second-order valence-corrected chi connectivity index (χ2v) is 4.00. The standard InChI is InChI=1S/C11H16N4O2/c1-13(2)8-6-9-5-7-12-11(14(3)4)10(9)15(16)17/h5-8H,1-4H3/b8-6+. The van der Waals surface area contributed by atoms with Gasteiger partial charge in [-0.25, -0.2) is 4.98 Å². The minimum absolute atomic E-state index is 0.0237. The van der Waals surface area contributed by atoms with Crippen LogP contribution in [0.25, 0.3) is 6.08 Å². The number of pyridine rings is 1. The summed E-state index contributed by atoms with van der Waals surface area (Å²) in [5.41, 5.74) is 0.568. The third kappa shape index (κ3) is 3.17. The van der Waals surface area contributed by atoms with E-state index < -0.39 is 4.92 Å². The lowest BCUT2D eigenvalue weighted by Gasteiger charge is -2.12. The Bertz CT molecular complexity index is 441. The van der Waals surface area contributed by atoms with Crippen LogP contribution < -0.4 is 4.90 Å². The molecule has 0 radical (unpaired) electrons. The maximum atomic E-state index is 11.1. The average Bonchev–Trinajstić information content (AvgIpc) is 2.25. The highest BCUT2D eigenvalue weighted by Crippen LogP contribution is 2.28. The Kier molecular flexibility index (Phi) is 4.03. The first-order valence-corrected chi connectivity index (χ1v) is 5.09. The van der Waals surface area contributed by atoms with E-state index in [9.17, 15) is 10.1 Å². The molecule has 92 valence electrons. The fraction of sp³-hybridized carbons (Fsp3) is 0.364. The monoisotopic (exact) mass is 236 g/mol. The van der Waals surface area contributed by atoms with Gasteiger partial charge in [-0.05, 0) is 18.3 Å². The number of rotatable bonds is 4. The Morgan fingerprint density at radius 2 is 2.00 bits per heavy atom. The van der Waals surface area contributed by atoms with Crippen molar-refractivity contribution >= 4 is 17.6 Å². The summed E-state index contributed by atoms with van der Waals surface area (Å²) >= 11 is 0. The zero-order valence-electron chi connectivity index (χ0n) is 10.4. The summed E-state index contributed by atoms with van der Waals surface area (Å²) < 4.78 is 0. The van der Waals surface area contributed by atoms with Crippen molar-refractivity contribution in [2.75, 3.05) is 33.1 Å². The maximum Gasteiger partial charge on any atom is 0.318 e. The van der Waals surface area contributed by atoms with Crippen LogP contribution in [0.15, 0.2) is 18.5 Å². The van der Waals surface area contributed by atoms with Gasteiger partial charge in [-0.1, -0.05) is 0 Å². The molecule has 0 saturated heterocycles. The second-order valence-electron chi connectivity index (χ2n) is 4.00. The average molecular weight is 236 g/mol. The van der Waals surface area contributed by atoms with Gasteiger partial charge in [0.1, 0.15) is 0 Å². The molecule has 0 aliphatic heterocycles. The van der Waals surface area contributed by atoms with E-state index in [1.54, 1.807) is 43.5 Å². The minimum atomic E-state index is -0.405. The first-order valence-electron chi connectivity index (χ1n) is 5.09. The van der Waals surface area contributed by atoms with Gasteiger partial charge < -0.3 is 9.80 Å². The van der Waals surface area contributed by atoms with Crippen LogP contribution in [-0.2, 0) is 0 Å². The quantitative estimate of drug-likeness (QED) is 0.586. The summed E-state index contributed by atoms with van der Waals surface area (Å²) in [4.78, 5) is 18.2. The molecular formula is C11H16N4O2. The van der Waals surface area contributed by atoms with E-state index >= 15 is 0 Å². The van der Waals surface area contributed by atoms with Gasteiger partial charge in [-0.2, -0.15) is 0 Å². The van der Waals surface area contributed by atoms with Crippen molar-refractivity contribution in [3.8, 4) is 0 Å². The highest BCUT2D eigenvalue weighted by atomic mass is 16.6. The van der Waals surface area contributed by atoms with Crippen LogP contribution in [-0.4, -0.2) is 43.0 Å². The van der Waals surface area contributed by atoms with Crippen molar-refractivity contribution in [1.82, 2.24) is 9.88 Å². The molecule has 0 atom stereocenters. The van der Waals surface area contributed by atoms with Crippen molar-refractivity contribution in [1.29, 1.82) is 0 Å². The summed E-state index contributed by atoms with van der Waals surface area (Å²) in [5, 5.41) is 11.1. The topological polar surface area (TPSA) is 62.5 Å². The van der Waals surface area contributed by atoms with Gasteiger partial charge in [0.05, 0.1) is 10.5 Å². The van der Waals surface area contributed by atoms with Crippen LogP contribution in [0.2, 0.25) is 0 Å². The van der Waals surface area contributed by atoms with Crippen molar-refractivity contribution in [3.63, 3.8) is 0 Å². The van der Waals surface area contributed by atoms with Gasteiger partial charge in [-0.15, -0.1) is 0 Å². The largest absolute Gasteiger partial charge is 0.383 e. The first kappa shape index (κ1) is 13.0. The highest BCUT2D eigenvalue weighted by molar-refractivity contribution is 5.70. The molecule has 0 bridgehead atoms. The highest BCUT2D eigenvalue weighted by Gasteiger charge is 2.20. The summed E-state index contributed by atoms with van der Waals surface area (Å²) in [6.45, 7) is 0. The Hall–Kier alpha value is -2.11. The SMILES string of the molecule is CN(C)/C=C/c1ccnc(N(C)C)c1[N+](=O)[O-]. The molecule has 0 amide bonds. The van der Waals surface area contributed by atoms with Crippen LogP contribution in [0.1, 0.15) is 5.56 Å². The third-order valence-corrected chi connectivity index (χ3v) is 2.09. The number of anilines is 1. The molecule has 0 aliphatic carbocycles. The smallest absolute Gasteiger partial charge is 0.318 e. The van der Waals surface area contributed by atoms with Gasteiger partial charge in [0, 0.05) is 34.4 Å². The fourth-order valence-corrected chi connectivity index (χ4v) is 1.34. The molecule has 0 spiro atoms. The summed E-state index contributed by atoms with van der Waals surface area (Å²) in [6, 6.07) is 1.63.